The second-order valence-electron chi connectivity index (χ2n) is 6.19. The first-order chi connectivity index (χ1) is 11.3. The Balaban J connectivity index is 0.00000312. The molecular formula is C18H21BrClFN2O2. The Labute approximate surface area is 161 Å². The molecule has 0 saturated heterocycles. The van der Waals surface area contributed by atoms with E-state index >= 15 is 0 Å². The fourth-order valence-electron chi connectivity index (χ4n) is 2.01. The Morgan fingerprint density at radius 2 is 1.92 bits per heavy atom. The first kappa shape index (κ1) is 21.4. The third-order valence-electron chi connectivity index (χ3n) is 3.20. The van der Waals surface area contributed by atoms with Crippen LogP contribution in [0.25, 0.3) is 0 Å². The quantitative estimate of drug-likeness (QED) is 0.727. The van der Waals surface area contributed by atoms with Crippen molar-refractivity contribution < 1.29 is 13.9 Å². The maximum atomic E-state index is 13.2. The van der Waals surface area contributed by atoms with Gasteiger partial charge in [0.15, 0.2) is 0 Å². The number of benzene rings is 2. The first-order valence-electron chi connectivity index (χ1n) is 7.49. The molecule has 0 bridgehead atoms. The minimum absolute atomic E-state index is 0. The van der Waals surface area contributed by atoms with Crippen LogP contribution in [0.4, 0.5) is 4.39 Å². The van der Waals surface area contributed by atoms with Crippen LogP contribution in [0.3, 0.4) is 0 Å². The highest BCUT2D eigenvalue weighted by Crippen LogP contribution is 2.30. The number of nitrogens with one attached hydrogen (secondary N) is 1. The van der Waals surface area contributed by atoms with Crippen molar-refractivity contribution in [2.24, 2.45) is 5.73 Å². The van der Waals surface area contributed by atoms with Crippen LogP contribution in [0.1, 0.15) is 25.5 Å². The lowest BCUT2D eigenvalue weighted by molar-refractivity contribution is -0.128. The average Bonchev–Trinajstić information content (AvgIpc) is 2.52. The zero-order valence-electron chi connectivity index (χ0n) is 14.0. The van der Waals surface area contributed by atoms with E-state index in [1.807, 2.05) is 32.0 Å². The molecule has 25 heavy (non-hydrogen) atoms. The highest BCUT2D eigenvalue weighted by Gasteiger charge is 2.25. The van der Waals surface area contributed by atoms with E-state index in [2.05, 4.69) is 21.2 Å². The molecule has 7 heteroatoms. The van der Waals surface area contributed by atoms with Gasteiger partial charge in [-0.25, -0.2) is 4.39 Å². The molecule has 0 aliphatic heterocycles. The molecule has 1 unspecified atom stereocenters. The fourth-order valence-corrected chi connectivity index (χ4v) is 2.45. The van der Waals surface area contributed by atoms with Gasteiger partial charge in [0.2, 0.25) is 6.10 Å². The highest BCUT2D eigenvalue weighted by atomic mass is 79.9. The van der Waals surface area contributed by atoms with Crippen molar-refractivity contribution in [3.8, 4) is 5.75 Å². The van der Waals surface area contributed by atoms with Gasteiger partial charge >= 0.3 is 0 Å². The Kier molecular flexibility index (Phi) is 7.86. The van der Waals surface area contributed by atoms with Crippen molar-refractivity contribution in [1.29, 1.82) is 0 Å². The van der Waals surface area contributed by atoms with Crippen LogP contribution in [-0.4, -0.2) is 18.0 Å². The molecule has 0 aliphatic carbocycles. The predicted molar refractivity (Wildman–Crippen MR) is 102 cm³/mol. The van der Waals surface area contributed by atoms with Gasteiger partial charge in [-0.05, 0) is 48.0 Å². The summed E-state index contributed by atoms with van der Waals surface area (Å²) >= 11 is 3.25. The van der Waals surface area contributed by atoms with E-state index in [9.17, 15) is 9.18 Å². The molecule has 0 saturated carbocycles. The SMILES string of the molecule is CC(C)(N)CNC(=O)C(Oc1ccc(F)cc1Br)c1ccccc1.Cl. The summed E-state index contributed by atoms with van der Waals surface area (Å²) in [7, 11) is 0. The maximum Gasteiger partial charge on any atom is 0.265 e. The lowest BCUT2D eigenvalue weighted by atomic mass is 10.1. The van der Waals surface area contributed by atoms with E-state index in [4.69, 9.17) is 10.5 Å². The number of hydrogen-bond acceptors (Lipinski definition) is 3. The molecule has 0 aromatic heterocycles. The van der Waals surface area contributed by atoms with Gasteiger partial charge in [-0.15, -0.1) is 12.4 Å². The Morgan fingerprint density at radius 1 is 1.28 bits per heavy atom. The summed E-state index contributed by atoms with van der Waals surface area (Å²) in [5.41, 5.74) is 6.07. The average molecular weight is 432 g/mol. The van der Waals surface area contributed by atoms with Crippen LogP contribution < -0.4 is 15.8 Å². The first-order valence-corrected chi connectivity index (χ1v) is 8.29. The molecule has 1 atom stereocenters. The standard InChI is InChI=1S/C18H20BrFN2O2.ClH/c1-18(2,21)11-22-17(23)16(12-6-4-3-5-7-12)24-15-9-8-13(20)10-14(15)19;/h3-10,16H,11,21H2,1-2H3,(H,22,23);1H. The van der Waals surface area contributed by atoms with Gasteiger partial charge < -0.3 is 15.8 Å². The van der Waals surface area contributed by atoms with Gasteiger partial charge in [0.1, 0.15) is 11.6 Å². The highest BCUT2D eigenvalue weighted by molar-refractivity contribution is 9.10. The minimum atomic E-state index is -0.865. The van der Waals surface area contributed by atoms with Crippen LogP contribution >= 0.6 is 28.3 Å². The molecule has 0 aliphatic rings. The number of hydrogen-bond donors (Lipinski definition) is 2. The fraction of sp³-hybridized carbons (Fsp3) is 0.278. The van der Waals surface area contributed by atoms with Gasteiger partial charge in [-0.3, -0.25) is 4.79 Å². The monoisotopic (exact) mass is 430 g/mol. The van der Waals surface area contributed by atoms with E-state index in [-0.39, 0.29) is 24.1 Å². The molecule has 2 aromatic carbocycles. The van der Waals surface area contributed by atoms with E-state index < -0.39 is 11.6 Å². The predicted octanol–water partition coefficient (Wildman–Crippen LogP) is 3.98. The molecule has 1 amide bonds. The summed E-state index contributed by atoms with van der Waals surface area (Å²) in [5, 5.41) is 2.79. The molecule has 4 nitrogen and oxygen atoms in total. The normalized spacial score (nSPS) is 12.0. The van der Waals surface area contributed by atoms with Crippen LogP contribution in [0.15, 0.2) is 53.0 Å². The topological polar surface area (TPSA) is 64.3 Å². The number of nitrogens with two attached hydrogens (primary N) is 1. The third-order valence-corrected chi connectivity index (χ3v) is 3.82. The number of carbonyl (C=O) groups excluding carboxylic acids is 1. The zero-order chi connectivity index (χ0) is 17.7. The molecule has 0 radical (unpaired) electrons. The Bertz CT molecular complexity index is 708. The van der Waals surface area contributed by atoms with Crippen molar-refractivity contribution in [2.75, 3.05) is 6.54 Å². The van der Waals surface area contributed by atoms with Crippen molar-refractivity contribution in [3.63, 3.8) is 0 Å². The van der Waals surface area contributed by atoms with Crippen molar-refractivity contribution in [2.45, 2.75) is 25.5 Å². The number of carbonyl (C=O) groups is 1. The van der Waals surface area contributed by atoms with Crippen molar-refractivity contribution in [3.05, 3.63) is 64.4 Å². The summed E-state index contributed by atoms with van der Waals surface area (Å²) < 4.78 is 19.5. The lowest BCUT2D eigenvalue weighted by Gasteiger charge is -2.23. The van der Waals surface area contributed by atoms with Crippen LogP contribution in [0, 0.1) is 5.82 Å². The molecule has 0 heterocycles. The van der Waals surface area contributed by atoms with Gasteiger partial charge in [-0.1, -0.05) is 30.3 Å². The molecule has 0 spiro atoms. The lowest BCUT2D eigenvalue weighted by Crippen LogP contribution is -2.46. The van der Waals surface area contributed by atoms with Crippen LogP contribution in [0.5, 0.6) is 5.75 Å². The van der Waals surface area contributed by atoms with Crippen LogP contribution in [-0.2, 0) is 4.79 Å². The Morgan fingerprint density at radius 3 is 2.48 bits per heavy atom. The third kappa shape index (κ3) is 6.65. The van der Waals surface area contributed by atoms with E-state index in [0.717, 1.165) is 0 Å². The smallest absolute Gasteiger partial charge is 0.265 e. The van der Waals surface area contributed by atoms with Crippen molar-refractivity contribution >= 4 is 34.2 Å². The molecule has 3 N–H and O–H groups in total. The zero-order valence-corrected chi connectivity index (χ0v) is 16.4. The van der Waals surface area contributed by atoms with Gasteiger partial charge in [-0.2, -0.15) is 0 Å². The number of ether oxygens (including phenoxy) is 1. The number of halogens is 3. The summed E-state index contributed by atoms with van der Waals surface area (Å²) in [6, 6.07) is 13.2. The van der Waals surface area contributed by atoms with Gasteiger partial charge in [0.25, 0.3) is 5.91 Å². The van der Waals surface area contributed by atoms with E-state index in [1.54, 1.807) is 12.1 Å². The summed E-state index contributed by atoms with van der Waals surface area (Å²) in [6.45, 7) is 3.95. The largest absolute Gasteiger partial charge is 0.475 e. The summed E-state index contributed by atoms with van der Waals surface area (Å²) in [4.78, 5) is 12.6. The van der Waals surface area contributed by atoms with Gasteiger partial charge in [0.05, 0.1) is 4.47 Å². The second-order valence-corrected chi connectivity index (χ2v) is 7.04. The molecule has 136 valence electrons. The maximum absolute atomic E-state index is 13.2. The second kappa shape index (κ2) is 9.17. The van der Waals surface area contributed by atoms with Crippen LogP contribution in [0.2, 0.25) is 0 Å². The molecule has 2 rings (SSSR count). The summed E-state index contributed by atoms with van der Waals surface area (Å²) in [6.07, 6.45) is -0.865. The van der Waals surface area contributed by atoms with E-state index in [1.165, 1.54) is 18.2 Å². The summed E-state index contributed by atoms with van der Waals surface area (Å²) in [5.74, 6) is -0.316. The van der Waals surface area contributed by atoms with Gasteiger partial charge in [0, 0.05) is 17.6 Å². The number of amides is 1. The molecule has 2 aromatic rings. The number of rotatable bonds is 6. The Hall–Kier alpha value is -1.63. The van der Waals surface area contributed by atoms with Crippen molar-refractivity contribution in [1.82, 2.24) is 5.32 Å². The molecule has 0 fully saturated rings. The van der Waals surface area contributed by atoms with E-state index in [0.29, 0.717) is 22.3 Å². The molecular weight excluding hydrogens is 411 g/mol. The minimum Gasteiger partial charge on any atom is -0.475 e.